The average Bonchev–Trinajstić information content (AvgIpc) is 2.31. The van der Waals surface area contributed by atoms with Crippen molar-refractivity contribution in [3.05, 3.63) is 54.2 Å². The van der Waals surface area contributed by atoms with E-state index in [-0.39, 0.29) is 0 Å². The number of benzene rings is 1. The SMILES string of the molecule is Fc1ccc(-c2ccccn2)c(F)c1.[Cl][Ir][Cl]. The van der Waals surface area contributed by atoms with Gasteiger partial charge in [-0.1, -0.05) is 6.07 Å². The Bertz CT molecular complexity index is 468. The van der Waals surface area contributed by atoms with Gasteiger partial charge in [0.2, 0.25) is 0 Å². The molecule has 0 bridgehead atoms. The molecule has 0 fully saturated rings. The van der Waals surface area contributed by atoms with Crippen molar-refractivity contribution in [2.75, 3.05) is 0 Å². The van der Waals surface area contributed by atoms with Crippen LogP contribution >= 0.6 is 19.2 Å². The fourth-order valence-electron chi connectivity index (χ4n) is 1.22. The Hall–Kier alpha value is -0.541. The van der Waals surface area contributed by atoms with Crippen LogP contribution in [0.25, 0.3) is 11.3 Å². The Morgan fingerprint density at radius 1 is 1.06 bits per heavy atom. The Balaban J connectivity index is 0.000000437. The van der Waals surface area contributed by atoms with E-state index in [0.29, 0.717) is 11.3 Å². The molecule has 17 heavy (non-hydrogen) atoms. The molecule has 0 aliphatic carbocycles. The van der Waals surface area contributed by atoms with Crippen LogP contribution in [-0.4, -0.2) is 4.98 Å². The van der Waals surface area contributed by atoms with Gasteiger partial charge in [0.1, 0.15) is 11.6 Å². The maximum absolute atomic E-state index is 13.3. The van der Waals surface area contributed by atoms with Crippen molar-refractivity contribution in [1.29, 1.82) is 0 Å². The third kappa shape index (κ3) is 4.68. The summed E-state index contributed by atoms with van der Waals surface area (Å²) in [6.45, 7) is 0. The number of nitrogens with zero attached hydrogens (tertiary/aromatic N) is 1. The Morgan fingerprint density at radius 3 is 2.29 bits per heavy atom. The van der Waals surface area contributed by atoms with Crippen LogP contribution in [0.15, 0.2) is 42.6 Å². The van der Waals surface area contributed by atoms with E-state index in [1.807, 2.05) is 0 Å². The van der Waals surface area contributed by atoms with E-state index in [4.69, 9.17) is 19.2 Å². The van der Waals surface area contributed by atoms with Crippen molar-refractivity contribution in [2.45, 2.75) is 0 Å². The van der Waals surface area contributed by atoms with Crippen LogP contribution in [0.2, 0.25) is 0 Å². The summed E-state index contributed by atoms with van der Waals surface area (Å²) in [6.07, 6.45) is 1.57. The molecule has 2 aromatic rings. The zero-order chi connectivity index (χ0) is 12.7. The first-order valence-corrected chi connectivity index (χ1v) is 10.3. The molecule has 0 radical (unpaired) electrons. The summed E-state index contributed by atoms with van der Waals surface area (Å²) in [5, 5.41) is 0. The number of rotatable bonds is 1. The van der Waals surface area contributed by atoms with E-state index in [1.54, 1.807) is 24.4 Å². The van der Waals surface area contributed by atoms with Gasteiger partial charge in [0.15, 0.2) is 0 Å². The fraction of sp³-hybridized carbons (Fsp3) is 0. The Labute approximate surface area is 114 Å². The summed E-state index contributed by atoms with van der Waals surface area (Å²) in [6, 6.07) is 8.62. The van der Waals surface area contributed by atoms with Gasteiger partial charge in [0.05, 0.1) is 5.69 Å². The number of halogens is 4. The molecule has 0 saturated heterocycles. The first kappa shape index (κ1) is 14.5. The molecule has 1 nitrogen and oxygen atoms in total. The van der Waals surface area contributed by atoms with E-state index in [0.717, 1.165) is 6.07 Å². The van der Waals surface area contributed by atoms with Crippen molar-refractivity contribution in [3.8, 4) is 11.3 Å². The first-order chi connectivity index (χ1) is 8.19. The van der Waals surface area contributed by atoms with E-state index in [1.165, 1.54) is 12.1 Å². The van der Waals surface area contributed by atoms with Crippen molar-refractivity contribution in [1.82, 2.24) is 4.98 Å². The summed E-state index contributed by atoms with van der Waals surface area (Å²) in [4.78, 5) is 3.98. The minimum atomic E-state index is -0.594. The molecule has 1 aromatic carbocycles. The van der Waals surface area contributed by atoms with Crippen LogP contribution in [0, 0.1) is 11.6 Å². The second kappa shape index (κ2) is 7.72. The number of hydrogen-bond acceptors (Lipinski definition) is 1. The van der Waals surface area contributed by atoms with Gasteiger partial charge in [-0.3, -0.25) is 4.98 Å². The zero-order valence-electron chi connectivity index (χ0n) is 8.33. The van der Waals surface area contributed by atoms with Crippen molar-refractivity contribution < 1.29 is 24.5 Å². The van der Waals surface area contributed by atoms with Gasteiger partial charge < -0.3 is 0 Å². The van der Waals surface area contributed by atoms with E-state index >= 15 is 0 Å². The van der Waals surface area contributed by atoms with E-state index < -0.39 is 27.3 Å². The third-order valence-corrected chi connectivity index (χ3v) is 1.87. The summed E-state index contributed by atoms with van der Waals surface area (Å²) >= 11 is -0.556. The van der Waals surface area contributed by atoms with Gasteiger partial charge in [-0.05, 0) is 24.3 Å². The second-order valence-electron chi connectivity index (χ2n) is 2.89. The quantitative estimate of drug-likeness (QED) is 0.623. The summed E-state index contributed by atoms with van der Waals surface area (Å²) in [5.41, 5.74) is 0.817. The molecular formula is C11H7Cl2F2IrN. The van der Waals surface area contributed by atoms with Crippen LogP contribution < -0.4 is 0 Å². The molecule has 0 unspecified atom stereocenters. The average molecular weight is 454 g/mol. The van der Waals surface area contributed by atoms with Crippen LogP contribution in [0.1, 0.15) is 0 Å². The molecule has 93 valence electrons. The van der Waals surface area contributed by atoms with Gasteiger partial charge in [-0.2, -0.15) is 0 Å². The second-order valence-corrected chi connectivity index (χ2v) is 6.35. The predicted molar refractivity (Wildman–Crippen MR) is 61.3 cm³/mol. The number of pyridine rings is 1. The topological polar surface area (TPSA) is 12.9 Å². The van der Waals surface area contributed by atoms with Crippen LogP contribution in [0.3, 0.4) is 0 Å². The molecule has 6 heteroatoms. The third-order valence-electron chi connectivity index (χ3n) is 1.87. The van der Waals surface area contributed by atoms with Crippen LogP contribution in [0.4, 0.5) is 8.78 Å². The van der Waals surface area contributed by atoms with Gasteiger partial charge in [-0.25, -0.2) is 8.78 Å². The molecular weight excluding hydrogens is 447 g/mol. The van der Waals surface area contributed by atoms with E-state index in [9.17, 15) is 8.78 Å². The Morgan fingerprint density at radius 2 is 1.76 bits per heavy atom. The summed E-state index contributed by atoms with van der Waals surface area (Å²) in [7, 11) is 9.78. The molecule has 0 spiro atoms. The molecule has 0 atom stereocenters. The van der Waals surface area contributed by atoms with Crippen LogP contribution in [-0.2, 0) is 15.7 Å². The monoisotopic (exact) mass is 454 g/mol. The maximum atomic E-state index is 13.3. The molecule has 0 saturated carbocycles. The molecule has 0 amide bonds. The van der Waals surface area contributed by atoms with Gasteiger partial charge in [0, 0.05) is 17.8 Å². The first-order valence-electron chi connectivity index (χ1n) is 4.39. The summed E-state index contributed by atoms with van der Waals surface area (Å²) < 4.78 is 25.9. The van der Waals surface area contributed by atoms with Gasteiger partial charge in [0.25, 0.3) is 0 Å². The van der Waals surface area contributed by atoms with Crippen molar-refractivity contribution in [3.63, 3.8) is 0 Å². The number of aromatic nitrogens is 1. The molecule has 1 heterocycles. The predicted octanol–water partition coefficient (Wildman–Crippen LogP) is 4.40. The molecule has 2 rings (SSSR count). The zero-order valence-corrected chi connectivity index (χ0v) is 12.2. The molecule has 0 N–H and O–H groups in total. The fourth-order valence-corrected chi connectivity index (χ4v) is 1.22. The van der Waals surface area contributed by atoms with Gasteiger partial charge >= 0.3 is 34.8 Å². The van der Waals surface area contributed by atoms with Crippen molar-refractivity contribution in [2.24, 2.45) is 0 Å². The molecule has 1 aromatic heterocycles. The number of hydrogen-bond donors (Lipinski definition) is 0. The van der Waals surface area contributed by atoms with E-state index in [2.05, 4.69) is 4.98 Å². The van der Waals surface area contributed by atoms with Gasteiger partial charge in [-0.15, -0.1) is 0 Å². The summed E-state index contributed by atoms with van der Waals surface area (Å²) in [5.74, 6) is -1.18. The normalized spacial score (nSPS) is 9.65. The van der Waals surface area contributed by atoms with Crippen LogP contribution in [0.5, 0.6) is 0 Å². The van der Waals surface area contributed by atoms with Crippen molar-refractivity contribution >= 4 is 19.2 Å². The standard InChI is InChI=1S/C11H7F2N.2ClH.Ir/c12-8-4-5-9(10(13)7-8)11-3-1-2-6-14-11;;;/h1-7H;2*1H;/q;;;+2/p-2. The Kier molecular flexibility index (Phi) is 6.60. The molecule has 0 aliphatic rings. The minimum absolute atomic E-state index is 0.312. The molecule has 0 aliphatic heterocycles.